The van der Waals surface area contributed by atoms with Gasteiger partial charge >= 0.3 is 6.03 Å². The third-order valence-electron chi connectivity index (χ3n) is 4.40. The number of carbonyl (C=O) groups excluding carboxylic acids is 1. The van der Waals surface area contributed by atoms with Crippen LogP contribution in [0, 0.1) is 10.8 Å². The van der Waals surface area contributed by atoms with E-state index in [9.17, 15) is 4.79 Å². The summed E-state index contributed by atoms with van der Waals surface area (Å²) < 4.78 is 0. The van der Waals surface area contributed by atoms with E-state index in [0.717, 1.165) is 19.4 Å². The summed E-state index contributed by atoms with van der Waals surface area (Å²) in [5, 5.41) is 15.0. The average Bonchev–Trinajstić information content (AvgIpc) is 3.00. The molecule has 0 atom stereocenters. The first kappa shape index (κ1) is 12.7. The van der Waals surface area contributed by atoms with E-state index in [1.165, 1.54) is 25.7 Å². The van der Waals surface area contributed by atoms with Crippen LogP contribution in [0.4, 0.5) is 4.79 Å². The number of aliphatic hydroxyl groups is 1. The van der Waals surface area contributed by atoms with Crippen LogP contribution in [0.3, 0.4) is 0 Å². The first-order valence-corrected chi connectivity index (χ1v) is 6.70. The highest BCUT2D eigenvalue weighted by atomic mass is 16.3. The van der Waals surface area contributed by atoms with E-state index in [4.69, 9.17) is 5.11 Å². The van der Waals surface area contributed by atoms with Gasteiger partial charge in [-0.15, -0.1) is 0 Å². The van der Waals surface area contributed by atoms with E-state index in [1.54, 1.807) is 0 Å². The van der Waals surface area contributed by atoms with Gasteiger partial charge in [0.1, 0.15) is 0 Å². The predicted molar refractivity (Wildman–Crippen MR) is 66.7 cm³/mol. The lowest BCUT2D eigenvalue weighted by molar-refractivity contribution is 0.201. The molecule has 2 saturated carbocycles. The summed E-state index contributed by atoms with van der Waals surface area (Å²) in [6.45, 7) is 3.80. The maximum absolute atomic E-state index is 11.6. The molecule has 0 aliphatic heterocycles. The molecule has 3 N–H and O–H groups in total. The third-order valence-corrected chi connectivity index (χ3v) is 4.40. The van der Waals surface area contributed by atoms with Gasteiger partial charge in [0.25, 0.3) is 0 Å². The molecule has 0 unspecified atom stereocenters. The second-order valence-electron chi connectivity index (χ2n) is 6.21. The first-order valence-electron chi connectivity index (χ1n) is 6.70. The number of amides is 2. The Morgan fingerprint density at radius 3 is 2.24 bits per heavy atom. The minimum Gasteiger partial charge on any atom is -0.396 e. The van der Waals surface area contributed by atoms with Crippen molar-refractivity contribution in [1.29, 1.82) is 0 Å². The molecule has 0 aromatic rings. The van der Waals surface area contributed by atoms with E-state index in [1.807, 2.05) is 0 Å². The Morgan fingerprint density at radius 1 is 1.12 bits per heavy atom. The molecule has 0 aromatic heterocycles. The average molecular weight is 240 g/mol. The zero-order valence-corrected chi connectivity index (χ0v) is 10.7. The zero-order chi connectivity index (χ0) is 12.4. The lowest BCUT2D eigenvalue weighted by Crippen LogP contribution is -2.43. The Bertz CT molecular complexity index is 281. The third kappa shape index (κ3) is 3.35. The molecule has 0 radical (unpaired) electrons. The van der Waals surface area contributed by atoms with Gasteiger partial charge in [-0.2, -0.15) is 0 Å². The van der Waals surface area contributed by atoms with Gasteiger partial charge in [0, 0.05) is 18.5 Å². The molecule has 17 heavy (non-hydrogen) atoms. The van der Waals surface area contributed by atoms with Gasteiger partial charge in [-0.3, -0.25) is 0 Å². The predicted octanol–water partition coefficient (Wildman–Crippen LogP) is 1.64. The highest BCUT2D eigenvalue weighted by Crippen LogP contribution is 2.44. The van der Waals surface area contributed by atoms with Crippen LogP contribution in [0.25, 0.3) is 0 Å². The number of carbonyl (C=O) groups is 1. The molecule has 4 heteroatoms. The molecule has 0 bridgehead atoms. The summed E-state index contributed by atoms with van der Waals surface area (Å²) in [7, 11) is 0. The van der Waals surface area contributed by atoms with Gasteiger partial charge in [0.2, 0.25) is 0 Å². The minimum absolute atomic E-state index is 0.00536. The monoisotopic (exact) mass is 240 g/mol. The molecule has 2 aliphatic carbocycles. The summed E-state index contributed by atoms with van der Waals surface area (Å²) in [5.74, 6) is 0. The molecule has 0 aromatic carbocycles. The van der Waals surface area contributed by atoms with Crippen molar-refractivity contribution in [2.45, 2.75) is 45.4 Å². The Labute approximate surface area is 103 Å². The zero-order valence-electron chi connectivity index (χ0n) is 10.7. The van der Waals surface area contributed by atoms with Gasteiger partial charge < -0.3 is 15.7 Å². The summed E-state index contributed by atoms with van der Waals surface area (Å²) in [6, 6.07) is -0.0853. The normalized spacial score (nSPS) is 24.4. The van der Waals surface area contributed by atoms with E-state index in [0.29, 0.717) is 12.0 Å². The number of nitrogens with one attached hydrogen (secondary N) is 2. The number of rotatable bonds is 5. The van der Waals surface area contributed by atoms with Crippen molar-refractivity contribution in [3.63, 3.8) is 0 Å². The Kier molecular flexibility index (Phi) is 3.61. The Hall–Kier alpha value is -0.770. The maximum atomic E-state index is 11.6. The molecular formula is C13H24N2O2. The van der Waals surface area contributed by atoms with Crippen LogP contribution >= 0.6 is 0 Å². The van der Waals surface area contributed by atoms with E-state index >= 15 is 0 Å². The van der Waals surface area contributed by atoms with Crippen LogP contribution in [-0.4, -0.2) is 30.8 Å². The SMILES string of the molecule is CC1(CNC(=O)NCC2(CO)CC2)CCCC1. The molecule has 2 amide bonds. The van der Waals surface area contributed by atoms with Crippen molar-refractivity contribution in [2.75, 3.05) is 19.7 Å². The van der Waals surface area contributed by atoms with Gasteiger partial charge in [0.15, 0.2) is 0 Å². The number of urea groups is 1. The first-order chi connectivity index (χ1) is 8.08. The van der Waals surface area contributed by atoms with Crippen molar-refractivity contribution >= 4 is 6.03 Å². The molecule has 0 spiro atoms. The maximum Gasteiger partial charge on any atom is 0.314 e. The van der Waals surface area contributed by atoms with Crippen LogP contribution < -0.4 is 10.6 Å². The highest BCUT2D eigenvalue weighted by molar-refractivity contribution is 5.73. The second-order valence-corrected chi connectivity index (χ2v) is 6.21. The van der Waals surface area contributed by atoms with Crippen LogP contribution in [0.5, 0.6) is 0 Å². The molecule has 4 nitrogen and oxygen atoms in total. The summed E-state index contributed by atoms with van der Waals surface area (Å²) in [4.78, 5) is 11.6. The standard InChI is InChI=1S/C13H24N2O2/c1-12(4-2-3-5-12)8-14-11(17)15-9-13(10-16)6-7-13/h16H,2-10H2,1H3,(H2,14,15,17). The smallest absolute Gasteiger partial charge is 0.314 e. The fraction of sp³-hybridized carbons (Fsp3) is 0.923. The molecule has 98 valence electrons. The van der Waals surface area contributed by atoms with Gasteiger partial charge in [0.05, 0.1) is 6.61 Å². The molecule has 2 aliphatic rings. The van der Waals surface area contributed by atoms with Gasteiger partial charge in [-0.05, 0) is 31.1 Å². The molecule has 0 saturated heterocycles. The van der Waals surface area contributed by atoms with Crippen LogP contribution in [0.1, 0.15) is 45.4 Å². The molecule has 2 fully saturated rings. The summed E-state index contributed by atoms with van der Waals surface area (Å²) >= 11 is 0. The minimum atomic E-state index is -0.0853. The number of hydrogen-bond donors (Lipinski definition) is 3. The van der Waals surface area contributed by atoms with Crippen LogP contribution in [-0.2, 0) is 0 Å². The number of hydrogen-bond acceptors (Lipinski definition) is 2. The molecular weight excluding hydrogens is 216 g/mol. The van der Waals surface area contributed by atoms with Gasteiger partial charge in [-0.25, -0.2) is 4.79 Å². The van der Waals surface area contributed by atoms with Crippen molar-refractivity contribution < 1.29 is 9.90 Å². The van der Waals surface area contributed by atoms with Crippen LogP contribution in [0.15, 0.2) is 0 Å². The van der Waals surface area contributed by atoms with Crippen molar-refractivity contribution in [2.24, 2.45) is 10.8 Å². The van der Waals surface area contributed by atoms with E-state index in [2.05, 4.69) is 17.6 Å². The molecule has 2 rings (SSSR count). The topological polar surface area (TPSA) is 61.4 Å². The molecule has 0 heterocycles. The lowest BCUT2D eigenvalue weighted by Gasteiger charge is -2.24. The Balaban J connectivity index is 1.64. The summed E-state index contributed by atoms with van der Waals surface area (Å²) in [6.07, 6.45) is 7.06. The van der Waals surface area contributed by atoms with Crippen molar-refractivity contribution in [3.8, 4) is 0 Å². The lowest BCUT2D eigenvalue weighted by atomic mass is 9.89. The fourth-order valence-electron chi connectivity index (χ4n) is 2.60. The highest BCUT2D eigenvalue weighted by Gasteiger charge is 2.42. The fourth-order valence-corrected chi connectivity index (χ4v) is 2.60. The quantitative estimate of drug-likeness (QED) is 0.684. The summed E-state index contributed by atoms with van der Waals surface area (Å²) in [5.41, 5.74) is 0.292. The van der Waals surface area contributed by atoms with Crippen LogP contribution in [0.2, 0.25) is 0 Å². The van der Waals surface area contributed by atoms with Crippen molar-refractivity contribution in [3.05, 3.63) is 0 Å². The van der Waals surface area contributed by atoms with Gasteiger partial charge in [-0.1, -0.05) is 19.8 Å². The second kappa shape index (κ2) is 4.84. The Morgan fingerprint density at radius 2 is 1.71 bits per heavy atom. The van der Waals surface area contributed by atoms with E-state index < -0.39 is 0 Å². The van der Waals surface area contributed by atoms with E-state index in [-0.39, 0.29) is 18.1 Å². The number of aliphatic hydroxyl groups excluding tert-OH is 1. The van der Waals surface area contributed by atoms with Crippen molar-refractivity contribution in [1.82, 2.24) is 10.6 Å². The largest absolute Gasteiger partial charge is 0.396 e.